The summed E-state index contributed by atoms with van der Waals surface area (Å²) in [6.07, 6.45) is -2.75. The van der Waals surface area contributed by atoms with Crippen LogP contribution < -0.4 is 31.2 Å². The van der Waals surface area contributed by atoms with Gasteiger partial charge in [-0.3, -0.25) is 9.78 Å². The van der Waals surface area contributed by atoms with Gasteiger partial charge in [0.1, 0.15) is 64.6 Å². The van der Waals surface area contributed by atoms with E-state index in [0.29, 0.717) is 16.2 Å². The zero-order valence-electron chi connectivity index (χ0n) is 33.3. The fourth-order valence-corrected chi connectivity index (χ4v) is 7.34. The molecule has 0 aliphatic rings. The molecular weight excluding hydrogens is 1020 g/mol. The first-order chi connectivity index (χ1) is 32.8. The zero-order chi connectivity index (χ0) is 52.0. The summed E-state index contributed by atoms with van der Waals surface area (Å²) in [5, 5.41) is 0. The van der Waals surface area contributed by atoms with Crippen LogP contribution in [0.1, 0.15) is 20.8 Å². The Morgan fingerprint density at radius 1 is 0.457 bits per heavy atom. The molecular formula is C43H15BF20N2O3S. The Morgan fingerprint density at radius 3 is 1.11 bits per heavy atom. The highest BCUT2D eigenvalue weighted by Crippen LogP contribution is 2.31. The zero-order valence-corrected chi connectivity index (χ0v) is 34.2. The van der Waals surface area contributed by atoms with Crippen LogP contribution in [0.2, 0.25) is 0 Å². The third-order valence-electron chi connectivity index (χ3n) is 10.2. The molecule has 6 aromatic carbocycles. The summed E-state index contributed by atoms with van der Waals surface area (Å²) in [7, 11) is 0. The average Bonchev–Trinajstić information content (AvgIpc) is 3.35. The Kier molecular flexibility index (Phi) is 14.7. The third-order valence-corrected chi connectivity index (χ3v) is 10.6. The van der Waals surface area contributed by atoms with E-state index in [9.17, 15) is 62.3 Å². The largest absolute Gasteiger partial charge is 0.417 e. The first-order valence-corrected chi connectivity index (χ1v) is 18.9. The third kappa shape index (κ3) is 8.54. The van der Waals surface area contributed by atoms with Crippen molar-refractivity contribution >= 4 is 52.4 Å². The lowest BCUT2D eigenvalue weighted by Gasteiger charge is -2.44. The van der Waals surface area contributed by atoms with Crippen LogP contribution in [-0.4, -0.2) is 22.9 Å². The molecule has 0 N–H and O–H groups in total. The van der Waals surface area contributed by atoms with Gasteiger partial charge in [-0.15, -0.1) is 34.5 Å². The lowest BCUT2D eigenvalue weighted by Crippen LogP contribution is -2.81. The van der Waals surface area contributed by atoms with Gasteiger partial charge in [0.05, 0.1) is 6.20 Å². The summed E-state index contributed by atoms with van der Waals surface area (Å²) in [4.78, 5) is 29.4. The summed E-state index contributed by atoms with van der Waals surface area (Å²) >= 11 is 4.26. The summed E-state index contributed by atoms with van der Waals surface area (Å²) in [5.74, 6) is -71.8. The molecule has 27 heteroatoms. The maximum atomic E-state index is 15.4. The van der Waals surface area contributed by atoms with Crippen molar-refractivity contribution in [2.75, 3.05) is 0 Å². The van der Waals surface area contributed by atoms with Crippen LogP contribution in [-0.2, 0) is 6.54 Å². The van der Waals surface area contributed by atoms with Gasteiger partial charge >= 0.3 is 11.7 Å². The number of para-hydroxylation sites is 1. The molecule has 0 saturated carbocycles. The van der Waals surface area contributed by atoms with Crippen molar-refractivity contribution in [3.63, 3.8) is 0 Å². The molecule has 0 aliphatic carbocycles. The predicted octanol–water partition coefficient (Wildman–Crippen LogP) is 8.61. The highest BCUT2D eigenvalue weighted by Gasteiger charge is 2.52. The van der Waals surface area contributed by atoms with E-state index >= 15 is 35.1 Å². The SMILES string of the molecule is Fc1c(F)c(F)c([B-](c2c(F)c(F)c(F)c(F)c2F)(c2c(F)c(F)c(F)c(F)c2F)c2c(F)c(F)c(F)c(F)c2F)c(F)c1F.O=C(C[n+]1ccncc1C(=O)Oc1ccccc1S)c1ccccc1. The van der Waals surface area contributed by atoms with Crippen LogP contribution >= 0.6 is 12.6 Å². The Hall–Kier alpha value is -7.45. The average molecular weight is 1030 g/mol. The lowest BCUT2D eigenvalue weighted by atomic mass is 9.12. The van der Waals surface area contributed by atoms with Gasteiger partial charge in [0.25, 0.3) is 0 Å². The van der Waals surface area contributed by atoms with Crippen LogP contribution in [0.15, 0.2) is 78.1 Å². The van der Waals surface area contributed by atoms with Gasteiger partial charge in [-0.1, -0.05) is 42.5 Å². The van der Waals surface area contributed by atoms with Gasteiger partial charge in [-0.05, 0) is 12.1 Å². The molecule has 0 amide bonds. The van der Waals surface area contributed by atoms with Crippen LogP contribution in [0.4, 0.5) is 87.8 Å². The lowest BCUT2D eigenvalue weighted by molar-refractivity contribution is -0.686. The fourth-order valence-electron chi connectivity index (χ4n) is 7.13. The number of nitrogens with zero attached hydrogens (tertiary/aromatic N) is 2. The predicted molar refractivity (Wildman–Crippen MR) is 203 cm³/mol. The number of hydrogen-bond donors (Lipinski definition) is 1. The van der Waals surface area contributed by atoms with Crippen LogP contribution in [0, 0.1) is 116 Å². The number of ether oxygens (including phenoxy) is 1. The highest BCUT2D eigenvalue weighted by atomic mass is 32.1. The van der Waals surface area contributed by atoms with E-state index in [1.165, 1.54) is 17.0 Å². The van der Waals surface area contributed by atoms with Crippen LogP contribution in [0.5, 0.6) is 5.75 Å². The van der Waals surface area contributed by atoms with Gasteiger partial charge in [-0.2, -0.15) is 4.57 Å². The number of esters is 1. The van der Waals surface area contributed by atoms with Crippen molar-refractivity contribution in [3.05, 3.63) is 201 Å². The molecule has 1 aromatic heterocycles. The number of halogens is 20. The maximum absolute atomic E-state index is 15.4. The normalized spacial score (nSPS) is 11.4. The van der Waals surface area contributed by atoms with Crippen LogP contribution in [0.25, 0.3) is 0 Å². The number of thiol groups is 1. The quantitative estimate of drug-likeness (QED) is 0.0181. The van der Waals surface area contributed by atoms with E-state index in [2.05, 4.69) is 17.6 Å². The van der Waals surface area contributed by atoms with E-state index in [1.54, 1.807) is 54.7 Å². The van der Waals surface area contributed by atoms with Crippen molar-refractivity contribution in [3.8, 4) is 5.75 Å². The molecule has 0 aliphatic heterocycles. The monoisotopic (exact) mass is 1030 g/mol. The van der Waals surface area contributed by atoms with Gasteiger partial charge in [0.2, 0.25) is 12.3 Å². The summed E-state index contributed by atoms with van der Waals surface area (Å²) < 4.78 is 301. The van der Waals surface area contributed by atoms with E-state index in [-0.39, 0.29) is 18.0 Å². The molecule has 0 atom stereocenters. The molecule has 0 radical (unpaired) electrons. The van der Waals surface area contributed by atoms with Crippen molar-refractivity contribution in [1.29, 1.82) is 0 Å². The molecule has 70 heavy (non-hydrogen) atoms. The Bertz CT molecular complexity index is 2910. The number of ketones is 1. The molecule has 0 saturated heterocycles. The summed E-state index contributed by atoms with van der Waals surface area (Å²) in [5.41, 5.74) is -13.6. The molecule has 5 nitrogen and oxygen atoms in total. The van der Waals surface area contributed by atoms with Gasteiger partial charge in [0, 0.05) is 10.5 Å². The minimum absolute atomic E-state index is 0.0134. The molecule has 1 heterocycles. The number of carbonyl (C=O) groups is 2. The minimum Gasteiger partial charge on any atom is -0.417 e. The molecule has 0 spiro atoms. The van der Waals surface area contributed by atoms with Crippen molar-refractivity contribution in [2.45, 2.75) is 11.4 Å². The number of hydrogen-bond acceptors (Lipinski definition) is 5. The van der Waals surface area contributed by atoms with E-state index in [1.807, 2.05) is 6.07 Å². The molecule has 7 aromatic rings. The second kappa shape index (κ2) is 19.9. The number of carbonyl (C=O) groups excluding carboxylic acids is 2. The topological polar surface area (TPSA) is 60.1 Å². The molecule has 364 valence electrons. The van der Waals surface area contributed by atoms with Crippen molar-refractivity contribution in [2.24, 2.45) is 0 Å². The minimum atomic E-state index is -7.22. The van der Waals surface area contributed by atoms with Gasteiger partial charge in [-0.25, -0.2) is 92.6 Å². The second-order valence-electron chi connectivity index (χ2n) is 14.0. The van der Waals surface area contributed by atoms with Gasteiger partial charge < -0.3 is 4.74 Å². The van der Waals surface area contributed by atoms with E-state index in [0.717, 1.165) is 0 Å². The molecule has 7 rings (SSSR count). The number of aromatic nitrogens is 2. The fraction of sp³-hybridized carbons (Fsp3) is 0.0233. The van der Waals surface area contributed by atoms with Crippen molar-refractivity contribution < 1.29 is 107 Å². The second-order valence-corrected chi connectivity index (χ2v) is 14.5. The van der Waals surface area contributed by atoms with Crippen LogP contribution in [0.3, 0.4) is 0 Å². The van der Waals surface area contributed by atoms with E-state index in [4.69, 9.17) is 4.74 Å². The molecule has 0 unspecified atom stereocenters. The number of rotatable bonds is 9. The van der Waals surface area contributed by atoms with Gasteiger partial charge in [0.15, 0.2) is 76.0 Å². The molecule has 0 bridgehead atoms. The summed E-state index contributed by atoms with van der Waals surface area (Å²) in [6, 6.07) is 15.8. The smallest absolute Gasteiger partial charge is 0.410 e. The van der Waals surface area contributed by atoms with E-state index < -0.39 is 150 Å². The summed E-state index contributed by atoms with van der Waals surface area (Å²) in [6.45, 7) is 0.0134. The standard InChI is InChI=1S/C24BF20.C19H14N2O3S/c26-5-1(6(27)14(35)21(42)13(5)34)25(2-7(28)15(36)22(43)16(37)8(2)29,3-9(30)17(38)23(44)18(39)10(3)31)4-11(32)19(40)24(45)20(41)12(4)33;22-16(14-6-2-1-3-7-14)13-21-11-10-20-12-15(21)19(23)24-17-8-4-5-9-18(17)25/h;1-12H,13H2/q-1;/p+1. The first-order valence-electron chi connectivity index (χ1n) is 18.5. The Labute approximate surface area is 381 Å². The highest BCUT2D eigenvalue weighted by molar-refractivity contribution is 7.80. The Balaban J connectivity index is 0.000000270. The maximum Gasteiger partial charge on any atom is 0.410 e. The molecule has 0 fully saturated rings. The first kappa shape index (κ1) is 51.9. The number of Topliss-reactive ketones (excluding diaryl/α,β-unsaturated/α-hetero) is 1. The Morgan fingerprint density at radius 2 is 0.771 bits per heavy atom. The number of benzene rings is 6. The van der Waals surface area contributed by atoms with Crippen molar-refractivity contribution in [1.82, 2.24) is 4.98 Å².